The molecule has 0 unspecified atom stereocenters. The number of benzene rings is 2. The molecule has 0 spiro atoms. The summed E-state index contributed by atoms with van der Waals surface area (Å²) in [6.07, 6.45) is 0.867. The molecular weight excluding hydrogens is 462 g/mol. The molecule has 9 heteroatoms. The molecule has 8 nitrogen and oxygen atoms in total. The molecule has 4 aromatic rings. The second kappa shape index (κ2) is 9.58. The van der Waals surface area contributed by atoms with Gasteiger partial charge in [0.1, 0.15) is 11.5 Å². The molecule has 2 aromatic carbocycles. The number of rotatable bonds is 5. The number of thiazole rings is 1. The van der Waals surface area contributed by atoms with Crippen molar-refractivity contribution in [1.82, 2.24) is 19.7 Å². The van der Waals surface area contributed by atoms with Crippen molar-refractivity contribution in [2.45, 2.75) is 20.3 Å². The molecule has 0 bridgehead atoms. The van der Waals surface area contributed by atoms with E-state index in [0.717, 1.165) is 46.4 Å². The Morgan fingerprint density at radius 3 is 2.34 bits per heavy atom. The van der Waals surface area contributed by atoms with Crippen LogP contribution >= 0.6 is 11.3 Å². The Morgan fingerprint density at radius 1 is 0.943 bits per heavy atom. The summed E-state index contributed by atoms with van der Waals surface area (Å²) in [7, 11) is 3.18. The summed E-state index contributed by atoms with van der Waals surface area (Å²) in [5, 5.41) is 5.70. The van der Waals surface area contributed by atoms with E-state index in [4.69, 9.17) is 19.6 Å². The van der Waals surface area contributed by atoms with Crippen molar-refractivity contribution in [3.05, 3.63) is 59.3 Å². The first-order valence-corrected chi connectivity index (χ1v) is 12.5. The third-order valence-corrected chi connectivity index (χ3v) is 7.52. The average molecular weight is 492 g/mol. The highest BCUT2D eigenvalue weighted by atomic mass is 32.1. The lowest BCUT2D eigenvalue weighted by molar-refractivity contribution is 0.0766. The quantitative estimate of drug-likeness (QED) is 0.410. The molecule has 1 fully saturated rings. The summed E-state index contributed by atoms with van der Waals surface area (Å²) in [4.78, 5) is 22.4. The van der Waals surface area contributed by atoms with Gasteiger partial charge >= 0.3 is 0 Å². The number of anilines is 1. The van der Waals surface area contributed by atoms with Crippen molar-refractivity contribution in [2.24, 2.45) is 0 Å². The number of hydrogen-bond acceptors (Lipinski definition) is 7. The molecule has 0 radical (unpaired) electrons. The van der Waals surface area contributed by atoms with Gasteiger partial charge in [-0.25, -0.2) is 4.68 Å². The molecule has 3 heterocycles. The molecule has 35 heavy (non-hydrogen) atoms. The predicted octanol–water partition coefficient (Wildman–Crippen LogP) is 4.47. The SMILES string of the molecule is COc1cc(OC)cc(C(=O)N2CCCN(c3nc4c(s3)c(C)nn4-c3ccc(C)cc3)CC2)c1. The van der Waals surface area contributed by atoms with Crippen molar-refractivity contribution < 1.29 is 14.3 Å². The molecule has 0 atom stereocenters. The van der Waals surface area contributed by atoms with Crippen LogP contribution in [0.1, 0.15) is 28.0 Å². The summed E-state index contributed by atoms with van der Waals surface area (Å²) in [5.41, 5.74) is 4.65. The first kappa shape index (κ1) is 23.2. The molecule has 1 saturated heterocycles. The zero-order valence-corrected chi connectivity index (χ0v) is 21.3. The van der Waals surface area contributed by atoms with Gasteiger partial charge in [-0.3, -0.25) is 4.79 Å². The van der Waals surface area contributed by atoms with Crippen LogP contribution in [0.25, 0.3) is 16.0 Å². The molecule has 182 valence electrons. The molecule has 1 amide bonds. The summed E-state index contributed by atoms with van der Waals surface area (Å²) in [5.74, 6) is 1.20. The number of carbonyl (C=O) groups is 1. The summed E-state index contributed by atoms with van der Waals surface area (Å²) in [6, 6.07) is 13.6. The van der Waals surface area contributed by atoms with Crippen molar-refractivity contribution in [3.8, 4) is 17.2 Å². The molecule has 0 N–H and O–H groups in total. The van der Waals surface area contributed by atoms with Gasteiger partial charge in [-0.05, 0) is 44.5 Å². The van der Waals surface area contributed by atoms with Crippen molar-refractivity contribution in [3.63, 3.8) is 0 Å². The zero-order chi connectivity index (χ0) is 24.5. The van der Waals surface area contributed by atoms with Crippen LogP contribution in [0.15, 0.2) is 42.5 Å². The van der Waals surface area contributed by atoms with E-state index in [-0.39, 0.29) is 5.91 Å². The van der Waals surface area contributed by atoms with Crippen LogP contribution in [-0.2, 0) is 0 Å². The van der Waals surface area contributed by atoms with Gasteiger partial charge in [0.2, 0.25) is 0 Å². The standard InChI is InChI=1S/C26H29N5O3S/c1-17-6-8-20(9-7-17)31-24-23(18(2)28-31)35-26(27-24)30-11-5-10-29(12-13-30)25(32)19-14-21(33-3)16-22(15-19)34-4/h6-9,14-16H,5,10-13H2,1-4H3. The zero-order valence-electron chi connectivity index (χ0n) is 20.4. The third kappa shape index (κ3) is 4.55. The Labute approximate surface area is 208 Å². The summed E-state index contributed by atoms with van der Waals surface area (Å²) in [6.45, 7) is 6.98. The Hall–Kier alpha value is -3.59. The Kier molecular flexibility index (Phi) is 6.34. The molecule has 2 aromatic heterocycles. The van der Waals surface area contributed by atoms with E-state index >= 15 is 0 Å². The summed E-state index contributed by atoms with van der Waals surface area (Å²) >= 11 is 1.67. The van der Waals surface area contributed by atoms with Crippen LogP contribution in [0.3, 0.4) is 0 Å². The Bertz CT molecular complexity index is 1340. The van der Waals surface area contributed by atoms with Gasteiger partial charge in [0.25, 0.3) is 5.91 Å². The lowest BCUT2D eigenvalue weighted by Crippen LogP contribution is -2.35. The molecule has 0 saturated carbocycles. The first-order valence-electron chi connectivity index (χ1n) is 11.7. The maximum atomic E-state index is 13.3. The Balaban J connectivity index is 1.36. The van der Waals surface area contributed by atoms with E-state index in [1.165, 1.54) is 5.56 Å². The number of nitrogens with zero attached hydrogens (tertiary/aromatic N) is 5. The van der Waals surface area contributed by atoms with E-state index in [0.29, 0.717) is 30.2 Å². The van der Waals surface area contributed by atoms with Gasteiger partial charge in [-0.2, -0.15) is 10.1 Å². The van der Waals surface area contributed by atoms with Crippen LogP contribution in [0, 0.1) is 13.8 Å². The van der Waals surface area contributed by atoms with E-state index < -0.39 is 0 Å². The van der Waals surface area contributed by atoms with Gasteiger partial charge in [-0.15, -0.1) is 0 Å². The molecule has 5 rings (SSSR count). The average Bonchev–Trinajstić information content (AvgIpc) is 3.34. The van der Waals surface area contributed by atoms with Crippen molar-refractivity contribution in [1.29, 1.82) is 0 Å². The van der Waals surface area contributed by atoms with Gasteiger partial charge in [0.15, 0.2) is 10.8 Å². The number of carbonyl (C=O) groups excluding carboxylic acids is 1. The molecule has 1 aliphatic rings. The largest absolute Gasteiger partial charge is 0.497 e. The van der Waals surface area contributed by atoms with Crippen LogP contribution < -0.4 is 14.4 Å². The maximum Gasteiger partial charge on any atom is 0.254 e. The highest BCUT2D eigenvalue weighted by Gasteiger charge is 2.24. The van der Waals surface area contributed by atoms with Crippen molar-refractivity contribution >= 4 is 32.7 Å². The molecular formula is C26H29N5O3S. The fourth-order valence-electron chi connectivity index (χ4n) is 4.35. The van der Waals surface area contributed by atoms with E-state index in [1.54, 1.807) is 43.8 Å². The number of amides is 1. The van der Waals surface area contributed by atoms with Crippen LogP contribution in [0.5, 0.6) is 11.5 Å². The number of ether oxygens (including phenoxy) is 2. The Morgan fingerprint density at radius 2 is 1.66 bits per heavy atom. The fourth-order valence-corrected chi connectivity index (χ4v) is 5.39. The number of aromatic nitrogens is 3. The number of methoxy groups -OCH3 is 2. The fraction of sp³-hybridized carbons (Fsp3) is 0.346. The normalized spacial score (nSPS) is 14.3. The maximum absolute atomic E-state index is 13.3. The minimum Gasteiger partial charge on any atom is -0.497 e. The minimum absolute atomic E-state index is 0.0146. The number of fused-ring (bicyclic) bond motifs is 1. The smallest absolute Gasteiger partial charge is 0.254 e. The van der Waals surface area contributed by atoms with Gasteiger partial charge in [0.05, 0.1) is 30.3 Å². The van der Waals surface area contributed by atoms with E-state index in [9.17, 15) is 4.79 Å². The van der Waals surface area contributed by atoms with Crippen LogP contribution in [0.2, 0.25) is 0 Å². The highest BCUT2D eigenvalue weighted by molar-refractivity contribution is 7.22. The number of aryl methyl sites for hydroxylation is 2. The number of hydrogen-bond donors (Lipinski definition) is 0. The molecule has 0 aliphatic carbocycles. The lowest BCUT2D eigenvalue weighted by atomic mass is 10.1. The second-order valence-corrected chi connectivity index (χ2v) is 9.69. The lowest BCUT2D eigenvalue weighted by Gasteiger charge is -2.22. The highest BCUT2D eigenvalue weighted by Crippen LogP contribution is 2.33. The van der Waals surface area contributed by atoms with E-state index in [1.807, 2.05) is 16.5 Å². The van der Waals surface area contributed by atoms with Gasteiger partial charge < -0.3 is 19.3 Å². The second-order valence-electron chi connectivity index (χ2n) is 8.72. The van der Waals surface area contributed by atoms with Crippen LogP contribution in [-0.4, -0.2) is 66.0 Å². The third-order valence-electron chi connectivity index (χ3n) is 6.31. The first-order chi connectivity index (χ1) is 17.0. The predicted molar refractivity (Wildman–Crippen MR) is 138 cm³/mol. The van der Waals surface area contributed by atoms with Gasteiger partial charge in [-0.1, -0.05) is 29.0 Å². The monoisotopic (exact) mass is 491 g/mol. The van der Waals surface area contributed by atoms with E-state index in [2.05, 4.69) is 36.1 Å². The molecule has 1 aliphatic heterocycles. The minimum atomic E-state index is -0.0146. The van der Waals surface area contributed by atoms with Crippen molar-refractivity contribution in [2.75, 3.05) is 45.3 Å². The van der Waals surface area contributed by atoms with Crippen LogP contribution in [0.4, 0.5) is 5.13 Å². The summed E-state index contributed by atoms with van der Waals surface area (Å²) < 4.78 is 13.7. The topological polar surface area (TPSA) is 72.7 Å². The van der Waals surface area contributed by atoms with Gasteiger partial charge in [0, 0.05) is 37.8 Å².